The number of thioether (sulfide) groups is 1. The van der Waals surface area contributed by atoms with Crippen LogP contribution >= 0.6 is 11.8 Å². The summed E-state index contributed by atoms with van der Waals surface area (Å²) in [5.74, 6) is 0.532. The Hall–Kier alpha value is -3.96. The quantitative estimate of drug-likeness (QED) is 0.479. The fraction of sp³-hybridized carbons (Fsp3) is 0.0455. The van der Waals surface area contributed by atoms with E-state index in [2.05, 4.69) is 26.9 Å². The number of hydrogen-bond donors (Lipinski definition) is 1. The van der Waals surface area contributed by atoms with E-state index in [-0.39, 0.29) is 5.91 Å². The summed E-state index contributed by atoms with van der Waals surface area (Å²) in [4.78, 5) is 13.7. The third-order valence-corrected chi connectivity index (χ3v) is 5.49. The Balaban J connectivity index is 1.44. The largest absolute Gasteiger partial charge is 0.322 e. The van der Waals surface area contributed by atoms with Crippen molar-refractivity contribution >= 4 is 23.4 Å². The number of nitriles is 1. The molecule has 1 amide bonds. The van der Waals surface area contributed by atoms with Crippen molar-refractivity contribution in [3.63, 3.8) is 0 Å². The Bertz CT molecular complexity index is 1180. The molecule has 4 aromatic rings. The van der Waals surface area contributed by atoms with Gasteiger partial charge in [-0.1, -0.05) is 24.3 Å². The van der Waals surface area contributed by atoms with Crippen LogP contribution in [0.1, 0.15) is 21.5 Å². The minimum atomic E-state index is -0.173. The second-order valence-corrected chi connectivity index (χ2v) is 7.37. The molecule has 0 unspecified atom stereocenters. The Morgan fingerprint density at radius 3 is 2.50 bits per heavy atom. The Kier molecular flexibility index (Phi) is 5.83. The predicted molar refractivity (Wildman–Crippen MR) is 114 cm³/mol. The maximum absolute atomic E-state index is 12.8. The van der Waals surface area contributed by atoms with E-state index >= 15 is 0 Å². The summed E-state index contributed by atoms with van der Waals surface area (Å²) in [6.45, 7) is 0. The molecule has 0 radical (unpaired) electrons. The molecule has 0 saturated carbocycles. The fourth-order valence-corrected chi connectivity index (χ4v) is 3.80. The van der Waals surface area contributed by atoms with Crippen LogP contribution in [0.15, 0.2) is 84.0 Å². The first-order valence-electron chi connectivity index (χ1n) is 9.08. The Morgan fingerprint density at radius 1 is 1.03 bits per heavy atom. The van der Waals surface area contributed by atoms with Crippen LogP contribution in [-0.2, 0) is 5.75 Å². The van der Waals surface area contributed by atoms with Crippen molar-refractivity contribution in [2.24, 2.45) is 0 Å². The monoisotopic (exact) mass is 412 g/mol. The van der Waals surface area contributed by atoms with Gasteiger partial charge >= 0.3 is 0 Å². The number of hydrogen-bond acceptors (Lipinski definition) is 6. The number of amides is 1. The van der Waals surface area contributed by atoms with Crippen molar-refractivity contribution in [2.45, 2.75) is 10.6 Å². The second kappa shape index (κ2) is 9.03. The molecule has 4 rings (SSSR count). The first-order chi connectivity index (χ1) is 14.7. The molecule has 0 aliphatic carbocycles. The molecule has 0 fully saturated rings. The van der Waals surface area contributed by atoms with Gasteiger partial charge < -0.3 is 5.32 Å². The summed E-state index contributed by atoms with van der Waals surface area (Å²) in [5.41, 5.74) is 3.82. The van der Waals surface area contributed by atoms with Gasteiger partial charge in [-0.3, -0.25) is 4.79 Å². The van der Waals surface area contributed by atoms with Gasteiger partial charge in [-0.25, -0.2) is 4.68 Å². The van der Waals surface area contributed by atoms with Gasteiger partial charge in [0.05, 0.1) is 22.9 Å². The lowest BCUT2D eigenvalue weighted by atomic mass is 10.2. The molecule has 0 bridgehead atoms. The molecule has 1 aromatic heterocycles. The molecule has 0 spiro atoms. The van der Waals surface area contributed by atoms with E-state index in [1.807, 2.05) is 48.5 Å². The van der Waals surface area contributed by atoms with Gasteiger partial charge in [-0.15, -0.1) is 16.9 Å². The molecule has 146 valence electrons. The molecule has 1 heterocycles. The SMILES string of the molecule is N#Cc1ccc(CSc2ccccc2C(=O)Nc2ccc(-n3cnnn3)cc2)cc1. The topological polar surface area (TPSA) is 96.5 Å². The van der Waals surface area contributed by atoms with Crippen LogP contribution in [-0.4, -0.2) is 26.1 Å². The number of nitrogens with zero attached hydrogens (tertiary/aromatic N) is 5. The molecule has 0 saturated heterocycles. The fourth-order valence-electron chi connectivity index (χ4n) is 2.79. The Morgan fingerprint density at radius 2 is 1.80 bits per heavy atom. The van der Waals surface area contributed by atoms with Crippen molar-refractivity contribution in [3.05, 3.63) is 95.8 Å². The smallest absolute Gasteiger partial charge is 0.256 e. The second-order valence-electron chi connectivity index (χ2n) is 6.35. The molecule has 30 heavy (non-hydrogen) atoms. The Labute approximate surface area is 177 Å². The average molecular weight is 412 g/mol. The van der Waals surface area contributed by atoms with Gasteiger partial charge in [0.2, 0.25) is 0 Å². The lowest BCUT2D eigenvalue weighted by Crippen LogP contribution is -2.13. The van der Waals surface area contributed by atoms with Crippen molar-refractivity contribution in [1.82, 2.24) is 20.2 Å². The van der Waals surface area contributed by atoms with E-state index < -0.39 is 0 Å². The minimum Gasteiger partial charge on any atom is -0.322 e. The van der Waals surface area contributed by atoms with E-state index in [1.165, 1.54) is 6.33 Å². The van der Waals surface area contributed by atoms with Crippen LogP contribution in [0.3, 0.4) is 0 Å². The summed E-state index contributed by atoms with van der Waals surface area (Å²) in [7, 11) is 0. The summed E-state index contributed by atoms with van der Waals surface area (Å²) in [6.07, 6.45) is 1.51. The van der Waals surface area contributed by atoms with Crippen LogP contribution in [0.2, 0.25) is 0 Å². The summed E-state index contributed by atoms with van der Waals surface area (Å²) in [5, 5.41) is 22.9. The highest BCUT2D eigenvalue weighted by atomic mass is 32.2. The normalized spacial score (nSPS) is 10.4. The zero-order valence-electron chi connectivity index (χ0n) is 15.8. The number of benzene rings is 3. The maximum Gasteiger partial charge on any atom is 0.256 e. The van der Waals surface area contributed by atoms with Crippen LogP contribution in [0.4, 0.5) is 5.69 Å². The molecular formula is C22H16N6OS. The van der Waals surface area contributed by atoms with Gasteiger partial charge in [0.15, 0.2) is 0 Å². The highest BCUT2D eigenvalue weighted by Crippen LogP contribution is 2.27. The summed E-state index contributed by atoms with van der Waals surface area (Å²) < 4.78 is 1.54. The maximum atomic E-state index is 12.8. The third kappa shape index (κ3) is 4.54. The number of aromatic nitrogens is 4. The molecule has 3 aromatic carbocycles. The van der Waals surface area contributed by atoms with Gasteiger partial charge in [0.1, 0.15) is 6.33 Å². The van der Waals surface area contributed by atoms with E-state index in [9.17, 15) is 4.79 Å². The number of rotatable bonds is 6. The number of tetrazole rings is 1. The van der Waals surface area contributed by atoms with Gasteiger partial charge in [-0.2, -0.15) is 5.26 Å². The van der Waals surface area contributed by atoms with Crippen molar-refractivity contribution < 1.29 is 4.79 Å². The molecule has 7 nitrogen and oxygen atoms in total. The average Bonchev–Trinajstić information content (AvgIpc) is 3.34. The zero-order valence-corrected chi connectivity index (χ0v) is 16.6. The van der Waals surface area contributed by atoms with Crippen LogP contribution in [0, 0.1) is 11.3 Å². The van der Waals surface area contributed by atoms with Gasteiger partial charge in [0.25, 0.3) is 5.91 Å². The third-order valence-electron chi connectivity index (χ3n) is 4.35. The number of nitrogens with one attached hydrogen (secondary N) is 1. The molecule has 0 aliphatic heterocycles. The predicted octanol–water partition coefficient (Wildman–Crippen LogP) is 4.08. The summed E-state index contributed by atoms with van der Waals surface area (Å²) in [6, 6.07) is 24.4. The van der Waals surface area contributed by atoms with Crippen molar-refractivity contribution in [1.29, 1.82) is 5.26 Å². The van der Waals surface area contributed by atoms with Crippen molar-refractivity contribution in [3.8, 4) is 11.8 Å². The van der Waals surface area contributed by atoms with Crippen LogP contribution in [0.5, 0.6) is 0 Å². The molecular weight excluding hydrogens is 396 g/mol. The first kappa shape index (κ1) is 19.4. The molecule has 8 heteroatoms. The number of carbonyl (C=O) groups is 1. The van der Waals surface area contributed by atoms with Crippen LogP contribution in [0.25, 0.3) is 5.69 Å². The lowest BCUT2D eigenvalue weighted by molar-refractivity contribution is 0.102. The standard InChI is InChI=1S/C22H16N6OS/c23-13-16-5-7-17(8-6-16)14-30-21-4-2-1-3-20(21)22(29)25-18-9-11-19(12-10-18)28-15-24-26-27-28/h1-12,15H,14H2,(H,25,29). The zero-order chi connectivity index (χ0) is 20.8. The van der Waals surface area contributed by atoms with E-state index in [1.54, 1.807) is 40.7 Å². The molecule has 0 aliphatic rings. The number of anilines is 1. The lowest BCUT2D eigenvalue weighted by Gasteiger charge is -2.10. The number of carbonyl (C=O) groups excluding carboxylic acids is 1. The van der Waals surface area contributed by atoms with E-state index in [0.717, 1.165) is 16.1 Å². The molecule has 0 atom stereocenters. The first-order valence-corrected chi connectivity index (χ1v) is 10.1. The molecule has 1 N–H and O–H groups in total. The highest BCUT2D eigenvalue weighted by molar-refractivity contribution is 7.98. The highest BCUT2D eigenvalue weighted by Gasteiger charge is 2.12. The van der Waals surface area contributed by atoms with E-state index in [4.69, 9.17) is 5.26 Å². The minimum absolute atomic E-state index is 0.173. The van der Waals surface area contributed by atoms with Gasteiger partial charge in [-0.05, 0) is 64.5 Å². The van der Waals surface area contributed by atoms with Crippen molar-refractivity contribution in [2.75, 3.05) is 5.32 Å². The van der Waals surface area contributed by atoms with Crippen LogP contribution < -0.4 is 5.32 Å². The van der Waals surface area contributed by atoms with E-state index in [0.29, 0.717) is 22.6 Å². The van der Waals surface area contributed by atoms with Gasteiger partial charge in [0, 0.05) is 16.3 Å². The summed E-state index contributed by atoms with van der Waals surface area (Å²) >= 11 is 1.58.